The maximum Gasteiger partial charge on any atom is 0.338 e. The summed E-state index contributed by atoms with van der Waals surface area (Å²) in [4.78, 5) is 33.0. The van der Waals surface area contributed by atoms with Gasteiger partial charge in [0.15, 0.2) is 4.80 Å². The van der Waals surface area contributed by atoms with Crippen molar-refractivity contribution >= 4 is 45.0 Å². The van der Waals surface area contributed by atoms with Crippen molar-refractivity contribution in [2.75, 3.05) is 19.8 Å². The Morgan fingerprint density at radius 3 is 2.27 bits per heavy atom. The highest BCUT2D eigenvalue weighted by Crippen LogP contribution is 2.36. The van der Waals surface area contributed by atoms with E-state index in [1.54, 1.807) is 17.6 Å². The van der Waals surface area contributed by atoms with Crippen molar-refractivity contribution in [3.63, 3.8) is 0 Å². The molecule has 1 aliphatic rings. The fraction of sp³-hybridized carbons (Fsp3) is 0.219. The molecule has 2 heterocycles. The van der Waals surface area contributed by atoms with Crippen LogP contribution in [-0.4, -0.2) is 30.4 Å². The highest BCUT2D eigenvalue weighted by atomic mass is 79.9. The molecule has 0 saturated heterocycles. The zero-order chi connectivity index (χ0) is 28.9. The zero-order valence-corrected chi connectivity index (χ0v) is 25.3. The van der Waals surface area contributed by atoms with Crippen LogP contribution in [0.5, 0.6) is 11.5 Å². The normalized spacial score (nSPS) is 14.8. The van der Waals surface area contributed by atoms with Gasteiger partial charge in [0.25, 0.3) is 5.56 Å². The van der Waals surface area contributed by atoms with E-state index >= 15 is 0 Å². The Kier molecular flexibility index (Phi) is 8.85. The summed E-state index contributed by atoms with van der Waals surface area (Å²) in [5.41, 5.74) is 2.82. The number of hydrogen-bond donors (Lipinski definition) is 0. The van der Waals surface area contributed by atoms with E-state index in [4.69, 9.17) is 19.2 Å². The van der Waals surface area contributed by atoms with Crippen molar-refractivity contribution in [3.05, 3.63) is 119 Å². The number of carbonyl (C=O) groups is 1. The Balaban J connectivity index is 1.79. The first-order valence-electron chi connectivity index (χ1n) is 13.4. The van der Waals surface area contributed by atoms with Crippen LogP contribution >= 0.6 is 27.3 Å². The van der Waals surface area contributed by atoms with E-state index in [1.165, 1.54) is 11.3 Å². The molecule has 41 heavy (non-hydrogen) atoms. The predicted octanol–water partition coefficient (Wildman–Crippen LogP) is 5.50. The quantitative estimate of drug-likeness (QED) is 0.228. The number of carbonyl (C=O) groups excluding carboxylic acids is 1. The molecule has 4 aromatic rings. The minimum absolute atomic E-state index is 0.198. The van der Waals surface area contributed by atoms with Crippen LogP contribution in [0.15, 0.2) is 92.6 Å². The summed E-state index contributed by atoms with van der Waals surface area (Å²) < 4.78 is 19.9. The number of fused-ring (bicyclic) bond motifs is 1. The Morgan fingerprint density at radius 2 is 1.61 bits per heavy atom. The third kappa shape index (κ3) is 5.78. The number of halogens is 1. The van der Waals surface area contributed by atoms with Crippen molar-refractivity contribution in [1.29, 1.82) is 0 Å². The fourth-order valence-electron chi connectivity index (χ4n) is 4.74. The molecule has 1 aliphatic heterocycles. The van der Waals surface area contributed by atoms with Gasteiger partial charge in [-0.15, -0.1) is 0 Å². The SMILES string of the molecule is CCOC(=O)C1=C(c2ccccc2)N=c2s/c(=C\c3cc(Br)c(OCC)cc3OCC)c(=O)n2[C@H]1c1ccccc1. The van der Waals surface area contributed by atoms with Crippen LogP contribution in [0.2, 0.25) is 0 Å². The lowest BCUT2D eigenvalue weighted by Crippen LogP contribution is -2.40. The molecular weight excluding hydrogens is 604 g/mol. The van der Waals surface area contributed by atoms with Gasteiger partial charge in [-0.25, -0.2) is 9.79 Å². The van der Waals surface area contributed by atoms with Gasteiger partial charge in [0.05, 0.1) is 46.1 Å². The molecule has 210 valence electrons. The van der Waals surface area contributed by atoms with Crippen LogP contribution < -0.4 is 24.4 Å². The smallest absolute Gasteiger partial charge is 0.338 e. The summed E-state index contributed by atoms with van der Waals surface area (Å²) in [7, 11) is 0. The molecule has 7 nitrogen and oxygen atoms in total. The van der Waals surface area contributed by atoms with Gasteiger partial charge in [-0.3, -0.25) is 9.36 Å². The zero-order valence-electron chi connectivity index (χ0n) is 22.9. The molecule has 0 fully saturated rings. The van der Waals surface area contributed by atoms with E-state index in [0.717, 1.165) is 21.2 Å². The fourth-order valence-corrected chi connectivity index (χ4v) is 6.21. The van der Waals surface area contributed by atoms with Gasteiger partial charge in [-0.1, -0.05) is 72.0 Å². The molecule has 0 unspecified atom stereocenters. The number of esters is 1. The molecule has 0 spiro atoms. The predicted molar refractivity (Wildman–Crippen MR) is 164 cm³/mol. The van der Waals surface area contributed by atoms with Crippen molar-refractivity contribution in [2.24, 2.45) is 4.99 Å². The van der Waals surface area contributed by atoms with Crippen LogP contribution in [0.4, 0.5) is 0 Å². The van der Waals surface area contributed by atoms with Crippen LogP contribution in [0, 0.1) is 0 Å². The Labute approximate surface area is 250 Å². The molecule has 0 radical (unpaired) electrons. The second-order valence-corrected chi connectivity index (χ2v) is 10.9. The van der Waals surface area contributed by atoms with E-state index in [2.05, 4.69) is 15.9 Å². The Hall–Kier alpha value is -3.95. The molecule has 3 aromatic carbocycles. The number of aromatic nitrogens is 1. The summed E-state index contributed by atoms with van der Waals surface area (Å²) in [5, 5.41) is 0. The highest BCUT2D eigenvalue weighted by Gasteiger charge is 2.35. The first-order chi connectivity index (χ1) is 20.0. The van der Waals surface area contributed by atoms with Crippen LogP contribution in [0.1, 0.15) is 43.5 Å². The third-order valence-electron chi connectivity index (χ3n) is 6.44. The summed E-state index contributed by atoms with van der Waals surface area (Å²) in [5.74, 6) is 0.749. The number of ether oxygens (including phenoxy) is 3. The third-order valence-corrected chi connectivity index (χ3v) is 8.04. The van der Waals surface area contributed by atoms with Gasteiger partial charge >= 0.3 is 5.97 Å². The van der Waals surface area contributed by atoms with E-state index in [9.17, 15) is 9.59 Å². The van der Waals surface area contributed by atoms with Crippen molar-refractivity contribution < 1.29 is 19.0 Å². The second-order valence-electron chi connectivity index (χ2n) is 9.03. The van der Waals surface area contributed by atoms with E-state index < -0.39 is 12.0 Å². The van der Waals surface area contributed by atoms with Gasteiger partial charge in [0.1, 0.15) is 11.5 Å². The van der Waals surface area contributed by atoms with E-state index in [0.29, 0.717) is 45.3 Å². The average molecular weight is 634 g/mol. The molecule has 1 atom stereocenters. The second kappa shape index (κ2) is 12.7. The van der Waals surface area contributed by atoms with Gasteiger partial charge in [0, 0.05) is 17.2 Å². The summed E-state index contributed by atoms with van der Waals surface area (Å²) in [6, 6.07) is 22.0. The molecular formula is C32H29BrN2O5S. The number of rotatable bonds is 9. The molecule has 5 rings (SSSR count). The monoisotopic (exact) mass is 632 g/mol. The highest BCUT2D eigenvalue weighted by molar-refractivity contribution is 9.10. The summed E-state index contributed by atoms with van der Waals surface area (Å²) in [6.07, 6.45) is 1.80. The van der Waals surface area contributed by atoms with Crippen molar-refractivity contribution in [1.82, 2.24) is 4.57 Å². The molecule has 0 bridgehead atoms. The van der Waals surface area contributed by atoms with Crippen LogP contribution in [-0.2, 0) is 9.53 Å². The largest absolute Gasteiger partial charge is 0.493 e. The maximum absolute atomic E-state index is 14.1. The standard InChI is InChI=1S/C32H29BrN2O5S/c1-4-38-24-19-25(39-5-2)23(33)17-22(24)18-26-30(36)35-29(21-15-11-8-12-16-21)27(31(37)40-6-3)28(34-32(35)41-26)20-13-9-7-10-14-20/h7-19,29H,4-6H2,1-3H3/b26-18-/t29-/m0/s1. The molecule has 9 heteroatoms. The molecule has 0 N–H and O–H groups in total. The lowest BCUT2D eigenvalue weighted by molar-refractivity contribution is -0.138. The van der Waals surface area contributed by atoms with Gasteiger partial charge in [-0.05, 0) is 54.4 Å². The van der Waals surface area contributed by atoms with E-state index in [-0.39, 0.29) is 12.2 Å². The van der Waals surface area contributed by atoms with Crippen LogP contribution in [0.25, 0.3) is 11.8 Å². The van der Waals surface area contributed by atoms with Gasteiger partial charge in [0.2, 0.25) is 0 Å². The summed E-state index contributed by atoms with van der Waals surface area (Å²) in [6.45, 7) is 6.74. The summed E-state index contributed by atoms with van der Waals surface area (Å²) >= 11 is 4.85. The van der Waals surface area contributed by atoms with E-state index in [1.807, 2.05) is 86.6 Å². The maximum atomic E-state index is 14.1. The topological polar surface area (TPSA) is 79.1 Å². The lowest BCUT2D eigenvalue weighted by Gasteiger charge is -2.25. The minimum Gasteiger partial charge on any atom is -0.493 e. The Morgan fingerprint density at radius 1 is 0.951 bits per heavy atom. The van der Waals surface area contributed by atoms with Gasteiger partial charge in [-0.2, -0.15) is 0 Å². The van der Waals surface area contributed by atoms with Crippen molar-refractivity contribution in [3.8, 4) is 11.5 Å². The first-order valence-corrected chi connectivity index (χ1v) is 15.0. The minimum atomic E-state index is -0.720. The number of benzene rings is 3. The number of thiazole rings is 1. The molecule has 0 aliphatic carbocycles. The lowest BCUT2D eigenvalue weighted by atomic mass is 9.93. The molecule has 0 saturated carbocycles. The average Bonchev–Trinajstić information content (AvgIpc) is 3.30. The molecule has 0 amide bonds. The number of hydrogen-bond acceptors (Lipinski definition) is 7. The molecule has 1 aromatic heterocycles. The number of nitrogens with zero attached hydrogens (tertiary/aromatic N) is 2. The van der Waals surface area contributed by atoms with Crippen LogP contribution in [0.3, 0.4) is 0 Å². The first kappa shape index (κ1) is 28.6. The Bertz CT molecular complexity index is 1780. The van der Waals surface area contributed by atoms with Gasteiger partial charge < -0.3 is 14.2 Å². The van der Waals surface area contributed by atoms with Crippen molar-refractivity contribution in [2.45, 2.75) is 26.8 Å².